The first-order chi connectivity index (χ1) is 13.2. The van der Waals surface area contributed by atoms with E-state index in [1.54, 1.807) is 11.8 Å². The zero-order valence-corrected chi connectivity index (χ0v) is 15.7. The zero-order valence-electron chi connectivity index (χ0n) is 15.7. The molecular weight excluding hydrogens is 344 g/mol. The standard InChI is InChI=1S/C19H24N6O2/c1-13-6-5-7-14-12-15(19(26)20-16(13)14)17(24-8-3-4-9-24)18-21-22-23-25(18)10-11-27-2/h5-7,12,17H,3-4,8-11H2,1-2H3,(H,20,26)/p+1/t17-/m0/s1. The highest BCUT2D eigenvalue weighted by atomic mass is 16.5. The van der Waals surface area contributed by atoms with Crippen LogP contribution in [0.15, 0.2) is 29.1 Å². The van der Waals surface area contributed by atoms with Crippen molar-refractivity contribution in [3.8, 4) is 0 Å². The van der Waals surface area contributed by atoms with Gasteiger partial charge in [-0.3, -0.25) is 4.79 Å². The Morgan fingerprint density at radius 2 is 2.15 bits per heavy atom. The number of likely N-dealkylation sites (tertiary alicyclic amines) is 1. The van der Waals surface area contributed by atoms with Crippen molar-refractivity contribution in [1.82, 2.24) is 25.2 Å². The minimum atomic E-state index is -0.187. The summed E-state index contributed by atoms with van der Waals surface area (Å²) in [6.07, 6.45) is 2.30. The van der Waals surface area contributed by atoms with Crippen molar-refractivity contribution < 1.29 is 9.64 Å². The number of hydrogen-bond acceptors (Lipinski definition) is 5. The highest BCUT2D eigenvalue weighted by Gasteiger charge is 2.35. The lowest BCUT2D eigenvalue weighted by atomic mass is 10.0. The molecule has 2 aromatic heterocycles. The lowest BCUT2D eigenvalue weighted by Crippen LogP contribution is -3.10. The van der Waals surface area contributed by atoms with E-state index in [1.165, 1.54) is 4.90 Å². The number of hydrogen-bond donors (Lipinski definition) is 2. The molecule has 3 aromatic rings. The molecular formula is C19H25N6O2+. The molecule has 0 spiro atoms. The summed E-state index contributed by atoms with van der Waals surface area (Å²) in [6, 6.07) is 7.87. The van der Waals surface area contributed by atoms with Gasteiger partial charge in [0.2, 0.25) is 5.82 Å². The van der Waals surface area contributed by atoms with Crippen molar-refractivity contribution in [3.63, 3.8) is 0 Å². The van der Waals surface area contributed by atoms with Crippen molar-refractivity contribution in [2.45, 2.75) is 32.4 Å². The van der Waals surface area contributed by atoms with Crippen LogP contribution >= 0.6 is 0 Å². The second-order valence-corrected chi connectivity index (χ2v) is 7.14. The molecule has 8 heteroatoms. The monoisotopic (exact) mass is 369 g/mol. The fourth-order valence-electron chi connectivity index (χ4n) is 4.03. The van der Waals surface area contributed by atoms with Crippen LogP contribution in [0, 0.1) is 6.92 Å². The van der Waals surface area contributed by atoms with E-state index in [1.807, 2.05) is 31.2 Å². The molecule has 0 amide bonds. The summed E-state index contributed by atoms with van der Waals surface area (Å²) < 4.78 is 6.95. The molecule has 142 valence electrons. The van der Waals surface area contributed by atoms with E-state index < -0.39 is 0 Å². The topological polar surface area (TPSA) is 90.1 Å². The molecule has 0 aliphatic carbocycles. The van der Waals surface area contributed by atoms with Crippen LogP contribution in [-0.4, -0.2) is 52.0 Å². The molecule has 1 aliphatic heterocycles. The first-order valence-corrected chi connectivity index (χ1v) is 9.41. The fourth-order valence-corrected chi connectivity index (χ4v) is 4.03. The normalized spacial score (nSPS) is 16.2. The first-order valence-electron chi connectivity index (χ1n) is 9.41. The molecule has 0 saturated carbocycles. The van der Waals surface area contributed by atoms with Gasteiger partial charge in [-0.1, -0.05) is 18.2 Å². The second kappa shape index (κ2) is 7.58. The smallest absolute Gasteiger partial charge is 0.258 e. The Labute approximate surface area is 157 Å². The van der Waals surface area contributed by atoms with Gasteiger partial charge in [-0.2, -0.15) is 0 Å². The van der Waals surface area contributed by atoms with Gasteiger partial charge < -0.3 is 14.6 Å². The summed E-state index contributed by atoms with van der Waals surface area (Å²) in [4.78, 5) is 17.5. The summed E-state index contributed by atoms with van der Waals surface area (Å²) in [5.74, 6) is 0.724. The van der Waals surface area contributed by atoms with E-state index >= 15 is 0 Å². The maximum absolute atomic E-state index is 13.0. The summed E-state index contributed by atoms with van der Waals surface area (Å²) in [6.45, 7) is 5.10. The van der Waals surface area contributed by atoms with Crippen molar-refractivity contribution in [1.29, 1.82) is 0 Å². The number of ether oxygens (including phenoxy) is 1. The molecule has 4 rings (SSSR count). The van der Waals surface area contributed by atoms with Crippen molar-refractivity contribution in [2.75, 3.05) is 26.8 Å². The molecule has 27 heavy (non-hydrogen) atoms. The Morgan fingerprint density at radius 3 is 2.93 bits per heavy atom. The summed E-state index contributed by atoms with van der Waals surface area (Å²) in [5, 5.41) is 13.3. The molecule has 1 saturated heterocycles. The van der Waals surface area contributed by atoms with Crippen LogP contribution < -0.4 is 10.5 Å². The number of aromatic amines is 1. The van der Waals surface area contributed by atoms with Gasteiger partial charge in [-0.25, -0.2) is 4.68 Å². The lowest BCUT2D eigenvalue weighted by molar-refractivity contribution is -0.914. The largest absolute Gasteiger partial charge is 0.383 e. The molecule has 1 aliphatic rings. The molecule has 8 nitrogen and oxygen atoms in total. The minimum Gasteiger partial charge on any atom is -0.383 e. The van der Waals surface area contributed by atoms with Crippen LogP contribution in [0.3, 0.4) is 0 Å². The van der Waals surface area contributed by atoms with E-state index in [0.717, 1.165) is 53.8 Å². The molecule has 1 fully saturated rings. The number of aromatic nitrogens is 5. The first kappa shape index (κ1) is 17.8. The van der Waals surface area contributed by atoms with Crippen molar-refractivity contribution in [2.24, 2.45) is 0 Å². The van der Waals surface area contributed by atoms with Gasteiger partial charge in [0, 0.05) is 20.0 Å². The van der Waals surface area contributed by atoms with Crippen molar-refractivity contribution >= 4 is 10.9 Å². The van der Waals surface area contributed by atoms with Crippen LogP contribution in [0.4, 0.5) is 0 Å². The number of quaternary nitrogens is 1. The van der Waals surface area contributed by atoms with Gasteiger partial charge in [-0.05, 0) is 34.4 Å². The van der Waals surface area contributed by atoms with E-state index in [-0.39, 0.29) is 11.6 Å². The van der Waals surface area contributed by atoms with Crippen LogP contribution in [0.25, 0.3) is 10.9 Å². The van der Waals surface area contributed by atoms with Crippen molar-refractivity contribution in [3.05, 3.63) is 51.6 Å². The molecule has 1 atom stereocenters. The average Bonchev–Trinajstić information content (AvgIpc) is 3.34. The third-order valence-corrected chi connectivity index (χ3v) is 5.41. The number of tetrazole rings is 1. The average molecular weight is 369 g/mol. The molecule has 2 N–H and O–H groups in total. The van der Waals surface area contributed by atoms with E-state index in [2.05, 4.69) is 20.5 Å². The highest BCUT2D eigenvalue weighted by molar-refractivity contribution is 5.82. The number of H-pyrrole nitrogens is 1. The fraction of sp³-hybridized carbons (Fsp3) is 0.474. The Kier molecular flexibility index (Phi) is 5.00. The molecule has 1 aromatic carbocycles. The van der Waals surface area contributed by atoms with Gasteiger partial charge in [0.25, 0.3) is 5.56 Å². The summed E-state index contributed by atoms with van der Waals surface area (Å²) in [5.41, 5.74) is 2.60. The zero-order chi connectivity index (χ0) is 18.8. The Bertz CT molecular complexity index is 989. The SMILES string of the molecule is COCCn1nnnc1[C@H](c1cc2cccc(C)c2[nH]c1=O)[NH+]1CCCC1. The van der Waals surface area contributed by atoms with Gasteiger partial charge >= 0.3 is 0 Å². The molecule has 0 bridgehead atoms. The van der Waals surface area contributed by atoms with Crippen LogP contribution in [-0.2, 0) is 11.3 Å². The summed E-state index contributed by atoms with van der Waals surface area (Å²) in [7, 11) is 1.66. The number of fused-ring (bicyclic) bond motifs is 1. The van der Waals surface area contributed by atoms with Gasteiger partial charge in [0.15, 0.2) is 6.04 Å². The maximum Gasteiger partial charge on any atom is 0.258 e. The number of rotatable bonds is 6. The van der Waals surface area contributed by atoms with E-state index in [9.17, 15) is 4.79 Å². The predicted molar refractivity (Wildman–Crippen MR) is 101 cm³/mol. The Balaban J connectivity index is 1.85. The maximum atomic E-state index is 13.0. The number of nitrogens with one attached hydrogen (secondary N) is 2. The molecule has 0 unspecified atom stereocenters. The lowest BCUT2D eigenvalue weighted by Gasteiger charge is -2.23. The van der Waals surface area contributed by atoms with Crippen LogP contribution in [0.2, 0.25) is 0 Å². The second-order valence-electron chi connectivity index (χ2n) is 7.14. The Hall–Kier alpha value is -2.58. The number of benzene rings is 1. The summed E-state index contributed by atoms with van der Waals surface area (Å²) >= 11 is 0. The predicted octanol–water partition coefficient (Wildman–Crippen LogP) is 0.238. The van der Waals surface area contributed by atoms with E-state index in [0.29, 0.717) is 13.2 Å². The van der Waals surface area contributed by atoms with Gasteiger partial charge in [0.05, 0.1) is 37.3 Å². The van der Waals surface area contributed by atoms with E-state index in [4.69, 9.17) is 4.74 Å². The Morgan fingerprint density at radius 1 is 1.33 bits per heavy atom. The molecule has 3 heterocycles. The van der Waals surface area contributed by atoms with Gasteiger partial charge in [-0.15, -0.1) is 5.10 Å². The molecule has 0 radical (unpaired) electrons. The van der Waals surface area contributed by atoms with Crippen LogP contribution in [0.5, 0.6) is 0 Å². The van der Waals surface area contributed by atoms with Gasteiger partial charge in [0.1, 0.15) is 0 Å². The number of para-hydroxylation sites is 1. The highest BCUT2D eigenvalue weighted by Crippen LogP contribution is 2.20. The third-order valence-electron chi connectivity index (χ3n) is 5.41. The van der Waals surface area contributed by atoms with Crippen LogP contribution in [0.1, 0.15) is 35.8 Å². The number of pyridine rings is 1. The number of nitrogens with zero attached hydrogens (tertiary/aromatic N) is 4. The number of aryl methyl sites for hydroxylation is 1. The number of methoxy groups -OCH3 is 1. The quantitative estimate of drug-likeness (QED) is 0.650. The minimum absolute atomic E-state index is 0.0671. The third kappa shape index (κ3) is 3.38.